The van der Waals surface area contributed by atoms with Gasteiger partial charge < -0.3 is 4.90 Å². The minimum atomic E-state index is -0.161. The van der Waals surface area contributed by atoms with Crippen LogP contribution in [0, 0.1) is 11.7 Å². The Balaban J connectivity index is 1.61. The summed E-state index contributed by atoms with van der Waals surface area (Å²) < 4.78 is 13.3. The second-order valence-electron chi connectivity index (χ2n) is 6.96. The summed E-state index contributed by atoms with van der Waals surface area (Å²) in [6, 6.07) is 7.32. The first-order valence-corrected chi connectivity index (χ1v) is 8.93. The molecule has 2 aliphatic heterocycles. The molecule has 0 radical (unpaired) electrons. The standard InChI is InChI=1S/C19H27FN2O/c1-2-3-10-22-18-9-11-21(14-16(18)7-8-19(22)23)13-15-5-4-6-17(20)12-15/h4-6,12,16,18H,2-3,7-11,13-14H2,1H3/t16-,18+/m1/s1. The van der Waals surface area contributed by atoms with Crippen LogP contribution < -0.4 is 0 Å². The number of hydrogen-bond acceptors (Lipinski definition) is 2. The molecule has 0 bridgehead atoms. The lowest BCUT2D eigenvalue weighted by atomic mass is 9.83. The molecule has 2 fully saturated rings. The maximum absolute atomic E-state index is 13.3. The summed E-state index contributed by atoms with van der Waals surface area (Å²) in [6.07, 6.45) is 4.98. The van der Waals surface area contributed by atoms with Crippen molar-refractivity contribution in [2.45, 2.75) is 51.6 Å². The number of halogens is 1. The highest BCUT2D eigenvalue weighted by Gasteiger charge is 2.38. The molecule has 0 N–H and O–H groups in total. The predicted molar refractivity (Wildman–Crippen MR) is 89.4 cm³/mol. The van der Waals surface area contributed by atoms with Crippen molar-refractivity contribution < 1.29 is 9.18 Å². The zero-order valence-electron chi connectivity index (χ0n) is 14.0. The number of carbonyl (C=O) groups excluding carboxylic acids is 1. The Bertz CT molecular complexity index is 548. The Morgan fingerprint density at radius 1 is 1.30 bits per heavy atom. The van der Waals surface area contributed by atoms with Gasteiger partial charge in [-0.15, -0.1) is 0 Å². The van der Waals surface area contributed by atoms with Crippen LogP contribution in [0.15, 0.2) is 24.3 Å². The molecule has 0 unspecified atom stereocenters. The number of benzene rings is 1. The minimum Gasteiger partial charge on any atom is -0.339 e. The van der Waals surface area contributed by atoms with E-state index in [9.17, 15) is 9.18 Å². The number of rotatable bonds is 5. The summed E-state index contributed by atoms with van der Waals surface area (Å²) in [7, 11) is 0. The van der Waals surface area contributed by atoms with Crippen LogP contribution in [0.5, 0.6) is 0 Å². The molecule has 23 heavy (non-hydrogen) atoms. The number of likely N-dealkylation sites (tertiary alicyclic amines) is 2. The van der Waals surface area contributed by atoms with Gasteiger partial charge in [-0.05, 0) is 42.9 Å². The monoisotopic (exact) mass is 318 g/mol. The van der Waals surface area contributed by atoms with Crippen molar-refractivity contribution in [1.82, 2.24) is 9.80 Å². The van der Waals surface area contributed by atoms with E-state index in [-0.39, 0.29) is 5.82 Å². The molecule has 0 aliphatic carbocycles. The summed E-state index contributed by atoms with van der Waals surface area (Å²) in [5.41, 5.74) is 1.04. The number of nitrogens with zero attached hydrogens (tertiary/aromatic N) is 2. The molecule has 0 saturated carbocycles. The van der Waals surface area contributed by atoms with Crippen LogP contribution in [-0.2, 0) is 11.3 Å². The average Bonchev–Trinajstić information content (AvgIpc) is 2.54. The van der Waals surface area contributed by atoms with Gasteiger partial charge in [0.15, 0.2) is 0 Å². The maximum Gasteiger partial charge on any atom is 0.222 e. The zero-order valence-corrected chi connectivity index (χ0v) is 14.0. The summed E-state index contributed by atoms with van der Waals surface area (Å²) in [5, 5.41) is 0. The van der Waals surface area contributed by atoms with E-state index < -0.39 is 0 Å². The molecule has 2 heterocycles. The van der Waals surface area contributed by atoms with Crippen LogP contribution in [0.25, 0.3) is 0 Å². The van der Waals surface area contributed by atoms with E-state index >= 15 is 0 Å². The average molecular weight is 318 g/mol. The molecule has 2 atom stereocenters. The van der Waals surface area contributed by atoms with Gasteiger partial charge in [0, 0.05) is 38.6 Å². The lowest BCUT2D eigenvalue weighted by Gasteiger charge is -2.47. The molecule has 2 aliphatic rings. The van der Waals surface area contributed by atoms with Crippen molar-refractivity contribution in [2.75, 3.05) is 19.6 Å². The van der Waals surface area contributed by atoms with Crippen molar-refractivity contribution in [1.29, 1.82) is 0 Å². The van der Waals surface area contributed by atoms with Crippen molar-refractivity contribution in [2.24, 2.45) is 5.92 Å². The Labute approximate surface area is 138 Å². The Kier molecular flexibility index (Phi) is 5.31. The Morgan fingerprint density at radius 2 is 2.17 bits per heavy atom. The first-order valence-electron chi connectivity index (χ1n) is 8.93. The van der Waals surface area contributed by atoms with Gasteiger partial charge in [0.1, 0.15) is 5.82 Å². The molecule has 1 aromatic rings. The van der Waals surface area contributed by atoms with Crippen molar-refractivity contribution in [3.8, 4) is 0 Å². The number of unbranched alkanes of at least 4 members (excludes halogenated alkanes) is 1. The van der Waals surface area contributed by atoms with E-state index in [2.05, 4.69) is 16.7 Å². The van der Waals surface area contributed by atoms with E-state index in [1.165, 1.54) is 6.07 Å². The molecule has 3 nitrogen and oxygen atoms in total. The van der Waals surface area contributed by atoms with Crippen molar-refractivity contribution in [3.63, 3.8) is 0 Å². The third-order valence-electron chi connectivity index (χ3n) is 5.28. The fourth-order valence-electron chi connectivity index (χ4n) is 4.08. The fourth-order valence-corrected chi connectivity index (χ4v) is 4.08. The molecule has 0 aromatic heterocycles. The highest BCUT2D eigenvalue weighted by atomic mass is 19.1. The van der Waals surface area contributed by atoms with Gasteiger partial charge in [0.25, 0.3) is 0 Å². The van der Waals surface area contributed by atoms with E-state index in [1.54, 1.807) is 12.1 Å². The Morgan fingerprint density at radius 3 is 2.96 bits per heavy atom. The largest absolute Gasteiger partial charge is 0.339 e. The van der Waals surface area contributed by atoms with E-state index in [1.807, 2.05) is 6.07 Å². The Hall–Kier alpha value is -1.42. The van der Waals surface area contributed by atoms with Crippen LogP contribution in [0.4, 0.5) is 4.39 Å². The van der Waals surface area contributed by atoms with Crippen LogP contribution in [0.1, 0.15) is 44.6 Å². The van der Waals surface area contributed by atoms with E-state index in [0.717, 1.165) is 57.4 Å². The van der Waals surface area contributed by atoms with Gasteiger partial charge in [-0.1, -0.05) is 25.5 Å². The molecule has 126 valence electrons. The van der Waals surface area contributed by atoms with Gasteiger partial charge in [0.05, 0.1) is 0 Å². The number of hydrogen-bond donors (Lipinski definition) is 0. The molecular formula is C19H27FN2O. The quantitative estimate of drug-likeness (QED) is 0.830. The smallest absolute Gasteiger partial charge is 0.222 e. The predicted octanol–water partition coefficient (Wildman–Crippen LogP) is 3.44. The summed E-state index contributed by atoms with van der Waals surface area (Å²) >= 11 is 0. The molecule has 4 heteroatoms. The molecular weight excluding hydrogens is 291 g/mol. The van der Waals surface area contributed by atoms with E-state index in [4.69, 9.17) is 0 Å². The fraction of sp³-hybridized carbons (Fsp3) is 0.632. The lowest BCUT2D eigenvalue weighted by Crippen LogP contribution is -2.55. The van der Waals surface area contributed by atoms with Crippen molar-refractivity contribution in [3.05, 3.63) is 35.6 Å². The molecule has 0 spiro atoms. The van der Waals surface area contributed by atoms with Gasteiger partial charge in [0.2, 0.25) is 5.91 Å². The zero-order chi connectivity index (χ0) is 16.2. The summed E-state index contributed by atoms with van der Waals surface area (Å²) in [6.45, 7) is 5.92. The van der Waals surface area contributed by atoms with Crippen LogP contribution >= 0.6 is 0 Å². The van der Waals surface area contributed by atoms with Crippen LogP contribution in [0.3, 0.4) is 0 Å². The maximum atomic E-state index is 13.3. The molecule has 1 amide bonds. The third kappa shape index (κ3) is 3.92. The van der Waals surface area contributed by atoms with Crippen LogP contribution in [-0.4, -0.2) is 41.4 Å². The SMILES string of the molecule is CCCCN1C(=O)CC[C@@H]2CN(Cc3cccc(F)c3)CC[C@@H]21. The second kappa shape index (κ2) is 7.43. The number of amides is 1. The normalized spacial score (nSPS) is 25.5. The minimum absolute atomic E-state index is 0.161. The van der Waals surface area contributed by atoms with Crippen molar-refractivity contribution >= 4 is 5.91 Å². The topological polar surface area (TPSA) is 23.6 Å². The summed E-state index contributed by atoms with van der Waals surface area (Å²) in [4.78, 5) is 16.8. The van der Waals surface area contributed by atoms with Gasteiger partial charge in [-0.2, -0.15) is 0 Å². The highest BCUT2D eigenvalue weighted by molar-refractivity contribution is 5.77. The molecule has 1 aromatic carbocycles. The van der Waals surface area contributed by atoms with Gasteiger partial charge in [-0.25, -0.2) is 4.39 Å². The van der Waals surface area contributed by atoms with E-state index in [0.29, 0.717) is 24.3 Å². The summed E-state index contributed by atoms with van der Waals surface area (Å²) in [5.74, 6) is 0.761. The van der Waals surface area contributed by atoms with Gasteiger partial charge >= 0.3 is 0 Å². The lowest BCUT2D eigenvalue weighted by molar-refractivity contribution is -0.141. The highest BCUT2D eigenvalue weighted by Crippen LogP contribution is 2.32. The molecule has 2 saturated heterocycles. The number of piperidine rings is 2. The first kappa shape index (κ1) is 16.4. The first-order chi connectivity index (χ1) is 11.2. The third-order valence-corrected chi connectivity index (χ3v) is 5.28. The second-order valence-corrected chi connectivity index (χ2v) is 6.96. The number of fused-ring (bicyclic) bond motifs is 1. The van der Waals surface area contributed by atoms with Crippen LogP contribution in [0.2, 0.25) is 0 Å². The van der Waals surface area contributed by atoms with Gasteiger partial charge in [-0.3, -0.25) is 9.69 Å². The molecule has 3 rings (SSSR count). The number of carbonyl (C=O) groups is 1.